The van der Waals surface area contributed by atoms with Crippen LogP contribution in [0.15, 0.2) is 53.4 Å². The minimum atomic E-state index is -3.88. The Bertz CT molecular complexity index is 1350. The maximum atomic E-state index is 13.3. The Morgan fingerprint density at radius 3 is 2.56 bits per heavy atom. The molecule has 3 aromatic rings. The van der Waals surface area contributed by atoms with Crippen LogP contribution in [0.4, 0.5) is 5.95 Å². The van der Waals surface area contributed by atoms with Gasteiger partial charge in [-0.05, 0) is 80.3 Å². The third kappa shape index (κ3) is 5.11. The van der Waals surface area contributed by atoms with Crippen molar-refractivity contribution in [2.45, 2.75) is 69.9 Å². The molecular formula is C28H34N4O3S. The highest BCUT2D eigenvalue weighted by molar-refractivity contribution is 7.92. The minimum Gasteiger partial charge on any atom is -0.473 e. The monoisotopic (exact) mass is 506 g/mol. The number of aromatic nitrogens is 2. The van der Waals surface area contributed by atoms with Crippen molar-refractivity contribution < 1.29 is 13.2 Å². The summed E-state index contributed by atoms with van der Waals surface area (Å²) in [7, 11) is -3.88. The molecule has 8 heteroatoms. The van der Waals surface area contributed by atoms with Crippen LogP contribution in [0.5, 0.6) is 5.88 Å². The Hall–Kier alpha value is -2.97. The zero-order valence-corrected chi connectivity index (χ0v) is 22.1. The van der Waals surface area contributed by atoms with E-state index in [9.17, 15) is 8.42 Å². The van der Waals surface area contributed by atoms with Gasteiger partial charge in [-0.25, -0.2) is 18.1 Å². The second-order valence-electron chi connectivity index (χ2n) is 10.4. The van der Waals surface area contributed by atoms with Gasteiger partial charge in [-0.3, -0.25) is 0 Å². The molecule has 6 bridgehead atoms. The van der Waals surface area contributed by atoms with Gasteiger partial charge in [-0.15, -0.1) is 0 Å². The smallest absolute Gasteiger partial charge is 0.264 e. The second-order valence-corrected chi connectivity index (χ2v) is 12.1. The number of hydrogen-bond donors (Lipinski definition) is 2. The molecule has 3 heterocycles. The Morgan fingerprint density at radius 1 is 1.06 bits per heavy atom. The van der Waals surface area contributed by atoms with Gasteiger partial charge >= 0.3 is 0 Å². The summed E-state index contributed by atoms with van der Waals surface area (Å²) < 4.78 is 35.9. The number of aryl methyl sites for hydroxylation is 2. The molecule has 7 nitrogen and oxygen atoms in total. The predicted octanol–water partition coefficient (Wildman–Crippen LogP) is 5.20. The van der Waals surface area contributed by atoms with E-state index < -0.39 is 10.0 Å². The number of nitrogens with zero attached hydrogens (tertiary/aromatic N) is 2. The van der Waals surface area contributed by atoms with Crippen LogP contribution >= 0.6 is 0 Å². The lowest BCUT2D eigenvalue weighted by atomic mass is 9.88. The Labute approximate surface area is 213 Å². The number of ether oxygens (including phenoxy) is 1. The van der Waals surface area contributed by atoms with Crippen molar-refractivity contribution in [3.63, 3.8) is 0 Å². The largest absolute Gasteiger partial charge is 0.473 e. The van der Waals surface area contributed by atoms with Crippen molar-refractivity contribution in [1.29, 1.82) is 0 Å². The molecule has 2 N–H and O–H groups in total. The van der Waals surface area contributed by atoms with E-state index in [2.05, 4.69) is 33.9 Å². The molecule has 190 valence electrons. The highest BCUT2D eigenvalue weighted by Gasteiger charge is 2.32. The number of fused-ring (bicyclic) bond motifs is 7. The first-order chi connectivity index (χ1) is 17.2. The molecule has 1 unspecified atom stereocenters. The SMILES string of the molecule is Cc1cccc(C)c1-c1cc2nc(n1)NS(=O)(=O)c1cccc(c1)C1CCN[C@H](CC(C)C)[C@H](C1)O2. The Morgan fingerprint density at radius 2 is 1.81 bits per heavy atom. The van der Waals surface area contributed by atoms with E-state index in [0.717, 1.165) is 48.1 Å². The van der Waals surface area contributed by atoms with Crippen LogP contribution < -0.4 is 14.8 Å². The fourth-order valence-electron chi connectivity index (χ4n) is 5.46. The molecular weight excluding hydrogens is 472 g/mol. The zero-order chi connectivity index (χ0) is 25.4. The number of benzene rings is 2. The van der Waals surface area contributed by atoms with Gasteiger partial charge in [0.2, 0.25) is 11.8 Å². The first-order valence-corrected chi connectivity index (χ1v) is 14.2. The average Bonchev–Trinajstić information content (AvgIpc) is 3.00. The van der Waals surface area contributed by atoms with Crippen LogP contribution in [-0.4, -0.2) is 37.1 Å². The number of nitrogens with one attached hydrogen (secondary N) is 2. The quantitative estimate of drug-likeness (QED) is 0.507. The Kier molecular flexibility index (Phi) is 6.74. The fraction of sp³-hybridized carbons (Fsp3) is 0.429. The van der Waals surface area contributed by atoms with Gasteiger partial charge in [-0.1, -0.05) is 44.2 Å². The van der Waals surface area contributed by atoms with Crippen LogP contribution in [0.2, 0.25) is 0 Å². The van der Waals surface area contributed by atoms with Gasteiger partial charge in [0, 0.05) is 17.7 Å². The fourth-order valence-corrected chi connectivity index (χ4v) is 6.46. The molecule has 1 fully saturated rings. The van der Waals surface area contributed by atoms with E-state index in [1.54, 1.807) is 12.1 Å². The van der Waals surface area contributed by atoms with Crippen LogP contribution in [0.3, 0.4) is 0 Å². The van der Waals surface area contributed by atoms with Crippen LogP contribution in [0.25, 0.3) is 11.3 Å². The van der Waals surface area contributed by atoms with Crippen molar-refractivity contribution >= 4 is 16.0 Å². The first kappa shape index (κ1) is 24.7. The molecule has 0 spiro atoms. The number of rotatable bonds is 3. The molecule has 5 rings (SSSR count). The van der Waals surface area contributed by atoms with Crippen LogP contribution in [0.1, 0.15) is 55.7 Å². The van der Waals surface area contributed by atoms with Gasteiger partial charge in [0.25, 0.3) is 10.0 Å². The van der Waals surface area contributed by atoms with Gasteiger partial charge in [0.05, 0.1) is 10.6 Å². The van der Waals surface area contributed by atoms with Gasteiger partial charge in [0.1, 0.15) is 6.10 Å². The van der Waals surface area contributed by atoms with E-state index >= 15 is 0 Å². The van der Waals surface area contributed by atoms with Crippen molar-refractivity contribution in [2.24, 2.45) is 5.92 Å². The maximum Gasteiger partial charge on any atom is 0.264 e. The summed E-state index contributed by atoms with van der Waals surface area (Å²) in [5.41, 5.74) is 4.71. The molecule has 0 aliphatic carbocycles. The summed E-state index contributed by atoms with van der Waals surface area (Å²) in [4.78, 5) is 9.37. The zero-order valence-electron chi connectivity index (χ0n) is 21.3. The Balaban J connectivity index is 1.68. The average molecular weight is 507 g/mol. The lowest BCUT2D eigenvalue weighted by Gasteiger charge is -2.29. The van der Waals surface area contributed by atoms with Crippen LogP contribution in [0, 0.1) is 19.8 Å². The summed E-state index contributed by atoms with van der Waals surface area (Å²) in [6.07, 6.45) is 2.55. The molecule has 2 aliphatic rings. The van der Waals surface area contributed by atoms with E-state index in [-0.39, 0.29) is 28.9 Å². The third-order valence-corrected chi connectivity index (χ3v) is 8.49. The van der Waals surface area contributed by atoms with E-state index in [0.29, 0.717) is 17.5 Å². The van der Waals surface area contributed by atoms with Crippen molar-refractivity contribution in [1.82, 2.24) is 15.3 Å². The summed E-state index contributed by atoms with van der Waals surface area (Å²) in [5, 5.41) is 3.71. The topological polar surface area (TPSA) is 93.2 Å². The van der Waals surface area contributed by atoms with Crippen molar-refractivity contribution in [2.75, 3.05) is 11.3 Å². The highest BCUT2D eigenvalue weighted by Crippen LogP contribution is 2.35. The number of anilines is 1. The normalized spacial score (nSPS) is 23.0. The summed E-state index contributed by atoms with van der Waals surface area (Å²) >= 11 is 0. The lowest BCUT2D eigenvalue weighted by Crippen LogP contribution is -2.43. The first-order valence-electron chi connectivity index (χ1n) is 12.7. The molecule has 36 heavy (non-hydrogen) atoms. The molecule has 1 saturated heterocycles. The molecule has 1 aromatic heterocycles. The van der Waals surface area contributed by atoms with E-state index in [4.69, 9.17) is 4.74 Å². The lowest BCUT2D eigenvalue weighted by molar-refractivity contribution is 0.130. The summed E-state index contributed by atoms with van der Waals surface area (Å²) in [6.45, 7) is 9.34. The molecule has 0 saturated carbocycles. The van der Waals surface area contributed by atoms with Crippen molar-refractivity contribution in [3.8, 4) is 17.1 Å². The minimum absolute atomic E-state index is 0.00895. The summed E-state index contributed by atoms with van der Waals surface area (Å²) in [6, 6.07) is 15.3. The number of hydrogen-bond acceptors (Lipinski definition) is 6. The molecule has 2 aromatic carbocycles. The van der Waals surface area contributed by atoms with Gasteiger partial charge < -0.3 is 10.1 Å². The number of sulfonamides is 1. The van der Waals surface area contributed by atoms with Crippen molar-refractivity contribution in [3.05, 3.63) is 65.2 Å². The molecule has 0 amide bonds. The van der Waals surface area contributed by atoms with Gasteiger partial charge in [0.15, 0.2) is 0 Å². The van der Waals surface area contributed by atoms with Crippen LogP contribution in [-0.2, 0) is 10.0 Å². The predicted molar refractivity (Wildman–Crippen MR) is 142 cm³/mol. The second kappa shape index (κ2) is 9.82. The van der Waals surface area contributed by atoms with E-state index in [1.807, 2.05) is 50.2 Å². The molecule has 3 atom stereocenters. The standard InChI is InChI=1S/C28H34N4O3S/c1-17(2)13-23-25-15-21(11-12-29-23)20-9-6-10-22(14-20)36(33,34)32-28-30-24(16-26(31-28)35-25)27-18(3)7-5-8-19(27)4/h5-10,14,16-17,21,23,25,29H,11-13,15H2,1-4H3,(H,30,31,32)/t21?,23-,25+/m1/s1. The van der Waals surface area contributed by atoms with E-state index in [1.165, 1.54) is 0 Å². The van der Waals surface area contributed by atoms with Gasteiger partial charge in [-0.2, -0.15) is 4.98 Å². The maximum absolute atomic E-state index is 13.3. The summed E-state index contributed by atoms with van der Waals surface area (Å²) in [5.74, 6) is 1.07. The third-order valence-electron chi connectivity index (χ3n) is 7.17. The molecule has 2 aliphatic heterocycles. The highest BCUT2D eigenvalue weighted by atomic mass is 32.2. The molecule has 0 radical (unpaired) electrons.